The summed E-state index contributed by atoms with van der Waals surface area (Å²) in [7, 11) is 0. The Bertz CT molecular complexity index is 818. The van der Waals surface area contributed by atoms with Crippen LogP contribution in [0.3, 0.4) is 0 Å². The van der Waals surface area contributed by atoms with Crippen LogP contribution in [0.1, 0.15) is 41.5 Å². The SMILES string of the molecule is CC(C)[C@H](NC(=O)c1ccc([N+](=O)[O-])s1)c1ccc2c(c1)OCCCO2. The number of hydrogen-bond donors (Lipinski definition) is 1. The van der Waals surface area contributed by atoms with E-state index in [1.807, 2.05) is 32.0 Å². The number of ether oxygens (including phenoxy) is 2. The van der Waals surface area contributed by atoms with E-state index >= 15 is 0 Å². The van der Waals surface area contributed by atoms with Crippen LogP contribution in [0.5, 0.6) is 11.5 Å². The molecular weight excluding hydrogens is 356 g/mol. The molecule has 8 heteroatoms. The molecule has 7 nitrogen and oxygen atoms in total. The molecule has 1 atom stereocenters. The minimum absolute atomic E-state index is 0.0492. The van der Waals surface area contributed by atoms with E-state index in [1.165, 1.54) is 12.1 Å². The van der Waals surface area contributed by atoms with Crippen molar-refractivity contribution in [3.63, 3.8) is 0 Å². The first-order valence-electron chi connectivity index (χ1n) is 8.40. The highest BCUT2D eigenvalue weighted by Gasteiger charge is 2.23. The predicted molar refractivity (Wildman–Crippen MR) is 98.1 cm³/mol. The standard InChI is InChI=1S/C18H20N2O5S/c1-11(2)17(19-18(21)15-6-7-16(26-15)20(22)23)12-4-5-13-14(10-12)25-9-3-8-24-13/h4-7,10-11,17H,3,8-9H2,1-2H3,(H,19,21)/t17-/m0/s1. The van der Waals surface area contributed by atoms with Gasteiger partial charge in [0.15, 0.2) is 11.5 Å². The summed E-state index contributed by atoms with van der Waals surface area (Å²) < 4.78 is 11.4. The lowest BCUT2D eigenvalue weighted by atomic mass is 9.95. The van der Waals surface area contributed by atoms with Gasteiger partial charge >= 0.3 is 5.00 Å². The summed E-state index contributed by atoms with van der Waals surface area (Å²) >= 11 is 0.868. The fourth-order valence-corrected chi connectivity index (χ4v) is 3.49. The van der Waals surface area contributed by atoms with Gasteiger partial charge in [0.2, 0.25) is 0 Å². The van der Waals surface area contributed by atoms with E-state index in [2.05, 4.69) is 5.32 Å². The number of thiophene rings is 1. The van der Waals surface area contributed by atoms with Crippen LogP contribution in [-0.4, -0.2) is 24.0 Å². The van der Waals surface area contributed by atoms with Gasteiger partial charge in [0, 0.05) is 12.5 Å². The highest BCUT2D eigenvalue weighted by Crippen LogP contribution is 2.34. The Morgan fingerprint density at radius 1 is 1.19 bits per heavy atom. The molecule has 0 fully saturated rings. The number of carbonyl (C=O) groups excluding carboxylic acids is 1. The molecule has 0 spiro atoms. The number of hydrogen-bond acceptors (Lipinski definition) is 6. The zero-order chi connectivity index (χ0) is 18.7. The van der Waals surface area contributed by atoms with Crippen LogP contribution in [-0.2, 0) is 0 Å². The third-order valence-corrected chi connectivity index (χ3v) is 5.12. The van der Waals surface area contributed by atoms with E-state index < -0.39 is 4.92 Å². The molecule has 0 bridgehead atoms. The van der Waals surface area contributed by atoms with Gasteiger partial charge < -0.3 is 14.8 Å². The second kappa shape index (κ2) is 7.74. The number of amides is 1. The molecule has 26 heavy (non-hydrogen) atoms. The second-order valence-corrected chi connectivity index (χ2v) is 7.41. The van der Waals surface area contributed by atoms with Gasteiger partial charge in [-0.15, -0.1) is 0 Å². The molecule has 138 valence electrons. The summed E-state index contributed by atoms with van der Waals surface area (Å²) in [4.78, 5) is 23.2. The normalized spacial score (nSPS) is 14.6. The van der Waals surface area contributed by atoms with Crippen LogP contribution in [0, 0.1) is 16.0 Å². The van der Waals surface area contributed by atoms with Crippen molar-refractivity contribution < 1.29 is 19.2 Å². The first-order chi connectivity index (χ1) is 12.5. The Morgan fingerprint density at radius 2 is 1.92 bits per heavy atom. The minimum atomic E-state index is -0.495. The van der Waals surface area contributed by atoms with Crippen LogP contribution >= 0.6 is 11.3 Å². The fraction of sp³-hybridized carbons (Fsp3) is 0.389. The maximum Gasteiger partial charge on any atom is 0.324 e. The smallest absolute Gasteiger partial charge is 0.324 e. The van der Waals surface area contributed by atoms with Crippen molar-refractivity contribution in [3.05, 3.63) is 50.9 Å². The molecule has 1 aliphatic rings. The molecule has 1 aromatic carbocycles. The van der Waals surface area contributed by atoms with Gasteiger partial charge in [-0.05, 0) is 29.7 Å². The molecule has 1 aliphatic heterocycles. The summed E-state index contributed by atoms with van der Waals surface area (Å²) in [6.45, 7) is 5.22. The lowest BCUT2D eigenvalue weighted by Crippen LogP contribution is -2.31. The average Bonchev–Trinajstić information content (AvgIpc) is 2.99. The Morgan fingerprint density at radius 3 is 2.58 bits per heavy atom. The summed E-state index contributed by atoms with van der Waals surface area (Å²) in [5.74, 6) is 1.17. The average molecular weight is 376 g/mol. The first kappa shape index (κ1) is 18.2. The number of nitrogens with one attached hydrogen (secondary N) is 1. The molecule has 1 N–H and O–H groups in total. The highest BCUT2D eigenvalue weighted by molar-refractivity contribution is 7.17. The Kier molecular flexibility index (Phi) is 5.41. The molecule has 1 amide bonds. The summed E-state index contributed by atoms with van der Waals surface area (Å²) in [5, 5.41) is 13.7. The Balaban J connectivity index is 1.81. The van der Waals surface area contributed by atoms with Crippen LogP contribution in [0.4, 0.5) is 5.00 Å². The van der Waals surface area contributed by atoms with Crippen molar-refractivity contribution in [2.45, 2.75) is 26.3 Å². The van der Waals surface area contributed by atoms with Crippen molar-refractivity contribution in [3.8, 4) is 11.5 Å². The van der Waals surface area contributed by atoms with Crippen molar-refractivity contribution in [1.29, 1.82) is 0 Å². The van der Waals surface area contributed by atoms with E-state index in [4.69, 9.17) is 9.47 Å². The monoisotopic (exact) mass is 376 g/mol. The summed E-state index contributed by atoms with van der Waals surface area (Å²) in [5.41, 5.74) is 0.906. The van der Waals surface area contributed by atoms with Crippen molar-refractivity contribution in [2.24, 2.45) is 5.92 Å². The lowest BCUT2D eigenvalue weighted by molar-refractivity contribution is -0.380. The highest BCUT2D eigenvalue weighted by atomic mass is 32.1. The van der Waals surface area contributed by atoms with Crippen molar-refractivity contribution in [2.75, 3.05) is 13.2 Å². The van der Waals surface area contributed by atoms with Gasteiger partial charge in [0.1, 0.15) is 0 Å². The Hall–Kier alpha value is -2.61. The zero-order valence-electron chi connectivity index (χ0n) is 14.6. The van der Waals surface area contributed by atoms with Crippen LogP contribution < -0.4 is 14.8 Å². The summed E-state index contributed by atoms with van der Waals surface area (Å²) in [6, 6.07) is 8.23. The first-order valence-corrected chi connectivity index (χ1v) is 9.22. The van der Waals surface area contributed by atoms with E-state index in [9.17, 15) is 14.9 Å². The van der Waals surface area contributed by atoms with Crippen LogP contribution in [0.15, 0.2) is 30.3 Å². The second-order valence-electron chi connectivity index (χ2n) is 6.35. The van der Waals surface area contributed by atoms with E-state index in [0.29, 0.717) is 29.6 Å². The number of nitrogens with zero attached hydrogens (tertiary/aromatic N) is 1. The third kappa shape index (κ3) is 3.96. The fourth-order valence-electron chi connectivity index (χ4n) is 2.77. The molecule has 1 aromatic heterocycles. The van der Waals surface area contributed by atoms with Crippen molar-refractivity contribution >= 4 is 22.2 Å². The lowest BCUT2D eigenvalue weighted by Gasteiger charge is -2.23. The van der Waals surface area contributed by atoms with E-state index in [0.717, 1.165) is 23.3 Å². The van der Waals surface area contributed by atoms with Crippen molar-refractivity contribution in [1.82, 2.24) is 5.32 Å². The van der Waals surface area contributed by atoms with Gasteiger partial charge in [0.25, 0.3) is 5.91 Å². The van der Waals surface area contributed by atoms with Gasteiger partial charge in [-0.25, -0.2) is 0 Å². The van der Waals surface area contributed by atoms with Gasteiger partial charge in [-0.3, -0.25) is 14.9 Å². The molecular formula is C18H20N2O5S. The Labute approximate surface area is 155 Å². The molecule has 0 saturated carbocycles. The number of fused-ring (bicyclic) bond motifs is 1. The number of benzene rings is 1. The number of nitro groups is 1. The minimum Gasteiger partial charge on any atom is -0.490 e. The van der Waals surface area contributed by atoms with Gasteiger partial charge in [-0.1, -0.05) is 31.3 Å². The number of carbonyl (C=O) groups is 1. The maximum atomic E-state index is 12.5. The molecule has 2 aromatic rings. The number of rotatable bonds is 5. The van der Waals surface area contributed by atoms with Crippen LogP contribution in [0.2, 0.25) is 0 Å². The van der Waals surface area contributed by atoms with E-state index in [1.54, 1.807) is 0 Å². The van der Waals surface area contributed by atoms with Crippen LogP contribution in [0.25, 0.3) is 0 Å². The summed E-state index contributed by atoms with van der Waals surface area (Å²) in [6.07, 6.45) is 0.825. The zero-order valence-corrected chi connectivity index (χ0v) is 15.4. The van der Waals surface area contributed by atoms with Gasteiger partial charge in [0.05, 0.1) is 29.1 Å². The molecule has 0 radical (unpaired) electrons. The quantitative estimate of drug-likeness (QED) is 0.630. The maximum absolute atomic E-state index is 12.5. The molecule has 0 unspecified atom stereocenters. The molecule has 0 aliphatic carbocycles. The molecule has 2 heterocycles. The van der Waals surface area contributed by atoms with E-state index in [-0.39, 0.29) is 22.9 Å². The predicted octanol–water partition coefficient (Wildman–Crippen LogP) is 3.94. The molecule has 0 saturated heterocycles. The molecule has 3 rings (SSSR count). The largest absolute Gasteiger partial charge is 0.490 e. The third-order valence-electron chi connectivity index (χ3n) is 4.08. The topological polar surface area (TPSA) is 90.7 Å². The van der Waals surface area contributed by atoms with Gasteiger partial charge in [-0.2, -0.15) is 0 Å².